The van der Waals surface area contributed by atoms with Gasteiger partial charge in [0.1, 0.15) is 6.04 Å². The number of carbonyl (C=O) groups excluding carboxylic acids is 2. The van der Waals surface area contributed by atoms with Crippen molar-refractivity contribution in [2.45, 2.75) is 6.04 Å². The van der Waals surface area contributed by atoms with E-state index >= 15 is 0 Å². The van der Waals surface area contributed by atoms with Crippen LogP contribution in [0.15, 0.2) is 48.5 Å². The molecule has 1 unspecified atom stereocenters. The first-order valence-electron chi connectivity index (χ1n) is 8.31. The molecule has 1 aliphatic heterocycles. The van der Waals surface area contributed by atoms with Crippen molar-refractivity contribution in [3.63, 3.8) is 0 Å². The first-order chi connectivity index (χ1) is 12.5. The van der Waals surface area contributed by atoms with Crippen molar-refractivity contribution < 1.29 is 9.59 Å². The lowest BCUT2D eigenvalue weighted by Crippen LogP contribution is -2.52. The van der Waals surface area contributed by atoms with E-state index in [-0.39, 0.29) is 16.8 Å². The van der Waals surface area contributed by atoms with Gasteiger partial charge in [0.05, 0.1) is 15.6 Å². The second kappa shape index (κ2) is 8.08. The fourth-order valence-corrected chi connectivity index (χ4v) is 3.35. The van der Waals surface area contributed by atoms with E-state index in [1.165, 1.54) is 0 Å². The normalized spacial score (nSPS) is 15.7. The average molecular weight is 392 g/mol. The highest BCUT2D eigenvalue weighted by molar-refractivity contribution is 6.43. The van der Waals surface area contributed by atoms with Crippen molar-refractivity contribution >= 4 is 35.0 Å². The SMILES string of the molecule is NC(C(=O)N1CCN(C(=O)c2cccc(Cl)c2Cl)CC1)c1ccccc1. The van der Waals surface area contributed by atoms with Gasteiger partial charge < -0.3 is 15.5 Å². The molecule has 5 nitrogen and oxygen atoms in total. The first kappa shape index (κ1) is 18.7. The van der Waals surface area contributed by atoms with E-state index in [2.05, 4.69) is 0 Å². The molecule has 1 fully saturated rings. The summed E-state index contributed by atoms with van der Waals surface area (Å²) in [6.45, 7) is 1.72. The van der Waals surface area contributed by atoms with Gasteiger partial charge in [0.2, 0.25) is 5.91 Å². The molecular weight excluding hydrogens is 373 g/mol. The molecule has 2 aromatic rings. The molecule has 7 heteroatoms. The van der Waals surface area contributed by atoms with Gasteiger partial charge in [-0.3, -0.25) is 9.59 Å². The minimum absolute atomic E-state index is 0.135. The lowest BCUT2D eigenvalue weighted by atomic mass is 10.1. The lowest BCUT2D eigenvalue weighted by Gasteiger charge is -2.36. The molecule has 0 aliphatic carbocycles. The third-order valence-corrected chi connectivity index (χ3v) is 5.30. The van der Waals surface area contributed by atoms with Crippen molar-refractivity contribution in [2.24, 2.45) is 5.73 Å². The van der Waals surface area contributed by atoms with Crippen LogP contribution in [0.1, 0.15) is 22.0 Å². The molecule has 1 saturated heterocycles. The summed E-state index contributed by atoms with van der Waals surface area (Å²) in [5.41, 5.74) is 7.24. The van der Waals surface area contributed by atoms with E-state index < -0.39 is 6.04 Å². The van der Waals surface area contributed by atoms with E-state index in [1.54, 1.807) is 28.0 Å². The zero-order valence-electron chi connectivity index (χ0n) is 14.1. The number of carbonyl (C=O) groups is 2. The van der Waals surface area contributed by atoms with Crippen molar-refractivity contribution in [3.8, 4) is 0 Å². The van der Waals surface area contributed by atoms with Gasteiger partial charge in [0.25, 0.3) is 5.91 Å². The van der Waals surface area contributed by atoms with E-state index in [9.17, 15) is 9.59 Å². The van der Waals surface area contributed by atoms with E-state index in [4.69, 9.17) is 28.9 Å². The third-order valence-electron chi connectivity index (χ3n) is 4.49. The summed E-state index contributed by atoms with van der Waals surface area (Å²) in [5.74, 6) is -0.318. The van der Waals surface area contributed by atoms with Crippen LogP contribution in [0.5, 0.6) is 0 Å². The summed E-state index contributed by atoms with van der Waals surface area (Å²) in [6, 6.07) is 13.6. The summed E-state index contributed by atoms with van der Waals surface area (Å²) < 4.78 is 0. The fourth-order valence-electron chi connectivity index (χ4n) is 2.97. The van der Waals surface area contributed by atoms with Crippen LogP contribution in [0, 0.1) is 0 Å². The minimum atomic E-state index is -0.694. The number of rotatable bonds is 3. The summed E-state index contributed by atoms with van der Waals surface area (Å²) in [7, 11) is 0. The Hall–Kier alpha value is -2.08. The summed E-state index contributed by atoms with van der Waals surface area (Å²) >= 11 is 12.1. The number of hydrogen-bond donors (Lipinski definition) is 1. The van der Waals surface area contributed by atoms with Crippen LogP contribution in [-0.4, -0.2) is 47.8 Å². The molecule has 0 spiro atoms. The van der Waals surface area contributed by atoms with Gasteiger partial charge in [-0.05, 0) is 17.7 Å². The zero-order chi connectivity index (χ0) is 18.7. The molecule has 3 rings (SSSR count). The maximum atomic E-state index is 12.7. The van der Waals surface area contributed by atoms with Gasteiger partial charge >= 0.3 is 0 Å². The highest BCUT2D eigenvalue weighted by Gasteiger charge is 2.29. The van der Waals surface area contributed by atoms with Gasteiger partial charge in [0, 0.05) is 26.2 Å². The summed E-state index contributed by atoms with van der Waals surface area (Å²) in [5, 5.41) is 0.601. The predicted molar refractivity (Wildman–Crippen MR) is 102 cm³/mol. The second-order valence-corrected chi connectivity index (χ2v) is 6.89. The Morgan fingerprint density at radius 3 is 2.15 bits per heavy atom. The fraction of sp³-hybridized carbons (Fsp3) is 0.263. The number of nitrogens with zero attached hydrogens (tertiary/aromatic N) is 2. The predicted octanol–water partition coefficient (Wildman–Crippen LogP) is 2.98. The van der Waals surface area contributed by atoms with Crippen LogP contribution in [0.25, 0.3) is 0 Å². The average Bonchev–Trinajstić information content (AvgIpc) is 2.69. The second-order valence-electron chi connectivity index (χ2n) is 6.11. The van der Waals surface area contributed by atoms with Crippen LogP contribution in [0.4, 0.5) is 0 Å². The van der Waals surface area contributed by atoms with E-state index in [0.717, 1.165) is 5.56 Å². The maximum absolute atomic E-state index is 12.7. The van der Waals surface area contributed by atoms with Crippen molar-refractivity contribution in [2.75, 3.05) is 26.2 Å². The molecule has 0 bridgehead atoms. The number of benzene rings is 2. The molecule has 2 aromatic carbocycles. The number of amides is 2. The number of halogens is 2. The molecule has 1 aliphatic rings. The molecule has 1 heterocycles. The van der Waals surface area contributed by atoms with Crippen molar-refractivity contribution in [1.29, 1.82) is 0 Å². The van der Waals surface area contributed by atoms with Gasteiger partial charge in [-0.1, -0.05) is 59.6 Å². The Morgan fingerprint density at radius 1 is 0.885 bits per heavy atom. The van der Waals surface area contributed by atoms with Crippen LogP contribution >= 0.6 is 23.2 Å². The van der Waals surface area contributed by atoms with Crippen LogP contribution in [0.2, 0.25) is 10.0 Å². The Bertz CT molecular complexity index is 806. The molecule has 1 atom stereocenters. The highest BCUT2D eigenvalue weighted by Crippen LogP contribution is 2.27. The minimum Gasteiger partial charge on any atom is -0.337 e. The molecule has 136 valence electrons. The van der Waals surface area contributed by atoms with Crippen LogP contribution in [0.3, 0.4) is 0 Å². The highest BCUT2D eigenvalue weighted by atomic mass is 35.5. The topological polar surface area (TPSA) is 66.6 Å². The monoisotopic (exact) mass is 391 g/mol. The van der Waals surface area contributed by atoms with Crippen molar-refractivity contribution in [1.82, 2.24) is 9.80 Å². The van der Waals surface area contributed by atoms with Gasteiger partial charge in [-0.2, -0.15) is 0 Å². The lowest BCUT2D eigenvalue weighted by molar-refractivity contribution is -0.134. The molecular formula is C19H19Cl2N3O2. The summed E-state index contributed by atoms with van der Waals surface area (Å²) in [4.78, 5) is 28.6. The number of hydrogen-bond acceptors (Lipinski definition) is 3. The zero-order valence-corrected chi connectivity index (χ0v) is 15.6. The Balaban J connectivity index is 1.63. The van der Waals surface area contributed by atoms with Gasteiger partial charge in [0.15, 0.2) is 0 Å². The molecule has 0 aromatic heterocycles. The number of nitrogens with two attached hydrogens (primary N) is 1. The Kier molecular flexibility index (Phi) is 5.81. The maximum Gasteiger partial charge on any atom is 0.255 e. The first-order valence-corrected chi connectivity index (χ1v) is 9.07. The third kappa shape index (κ3) is 3.85. The largest absolute Gasteiger partial charge is 0.337 e. The van der Waals surface area contributed by atoms with Crippen LogP contribution < -0.4 is 5.73 Å². The molecule has 2 N–H and O–H groups in total. The standard InChI is InChI=1S/C19H19Cl2N3O2/c20-15-8-4-7-14(16(15)21)18(25)23-9-11-24(12-10-23)19(26)17(22)13-5-2-1-3-6-13/h1-8,17H,9-12,22H2. The summed E-state index contributed by atoms with van der Waals surface area (Å²) in [6.07, 6.45) is 0. The van der Waals surface area contributed by atoms with Gasteiger partial charge in [-0.15, -0.1) is 0 Å². The van der Waals surface area contributed by atoms with Crippen LogP contribution in [-0.2, 0) is 4.79 Å². The van der Waals surface area contributed by atoms with Gasteiger partial charge in [-0.25, -0.2) is 0 Å². The quantitative estimate of drug-likeness (QED) is 0.874. The van der Waals surface area contributed by atoms with E-state index in [1.807, 2.05) is 30.3 Å². The molecule has 0 radical (unpaired) electrons. The molecule has 2 amide bonds. The van der Waals surface area contributed by atoms with E-state index in [0.29, 0.717) is 36.8 Å². The van der Waals surface area contributed by atoms with Crippen molar-refractivity contribution in [3.05, 3.63) is 69.7 Å². The molecule has 0 saturated carbocycles. The smallest absolute Gasteiger partial charge is 0.255 e. The molecule has 26 heavy (non-hydrogen) atoms. The Labute approximate surface area is 162 Å². The Morgan fingerprint density at radius 2 is 1.50 bits per heavy atom. The number of piperazine rings is 1.